The van der Waals surface area contributed by atoms with Crippen molar-refractivity contribution < 1.29 is 19.7 Å². The summed E-state index contributed by atoms with van der Waals surface area (Å²) in [6.45, 7) is 5.64. The molecule has 1 amide bonds. The Kier molecular flexibility index (Phi) is 6.65. The van der Waals surface area contributed by atoms with Crippen molar-refractivity contribution in [2.45, 2.75) is 45.9 Å². The minimum atomic E-state index is -0.621. The van der Waals surface area contributed by atoms with Gasteiger partial charge in [0.2, 0.25) is 0 Å². The van der Waals surface area contributed by atoms with Crippen LogP contribution in [-0.2, 0) is 11.3 Å². The summed E-state index contributed by atoms with van der Waals surface area (Å²) in [7, 11) is 0. The predicted octanol–water partition coefficient (Wildman–Crippen LogP) is 2.07. The number of hydrogen-bond acceptors (Lipinski definition) is 4. The molecule has 5 nitrogen and oxygen atoms in total. The van der Waals surface area contributed by atoms with E-state index in [2.05, 4.69) is 5.32 Å². The molecule has 0 aliphatic rings. The zero-order valence-corrected chi connectivity index (χ0v) is 12.9. The fourth-order valence-corrected chi connectivity index (χ4v) is 1.73. The van der Waals surface area contributed by atoms with Gasteiger partial charge in [-0.25, -0.2) is 4.79 Å². The molecule has 2 atom stereocenters. The number of rotatable bonds is 6. The molecule has 0 spiro atoms. The van der Waals surface area contributed by atoms with Crippen molar-refractivity contribution in [2.24, 2.45) is 5.41 Å². The molecule has 0 bridgehead atoms. The van der Waals surface area contributed by atoms with Crippen LogP contribution in [0.25, 0.3) is 0 Å². The van der Waals surface area contributed by atoms with Gasteiger partial charge in [0.1, 0.15) is 6.61 Å². The van der Waals surface area contributed by atoms with E-state index in [1.807, 2.05) is 51.1 Å². The smallest absolute Gasteiger partial charge is 0.407 e. The first kappa shape index (κ1) is 17.5. The van der Waals surface area contributed by atoms with Crippen molar-refractivity contribution in [3.63, 3.8) is 0 Å². The van der Waals surface area contributed by atoms with Gasteiger partial charge in [-0.2, -0.15) is 0 Å². The molecule has 5 heteroatoms. The first-order valence-corrected chi connectivity index (χ1v) is 7.09. The number of aliphatic hydroxyl groups excluding tert-OH is 2. The second kappa shape index (κ2) is 8.00. The largest absolute Gasteiger partial charge is 0.445 e. The second-order valence-electron chi connectivity index (χ2n) is 6.20. The molecule has 118 valence electrons. The average Bonchev–Trinajstić information content (AvgIpc) is 2.44. The molecule has 1 rings (SSSR count). The summed E-state index contributed by atoms with van der Waals surface area (Å²) in [6, 6.07) is 8.82. The highest BCUT2D eigenvalue weighted by atomic mass is 16.5. The van der Waals surface area contributed by atoms with Crippen LogP contribution in [0.3, 0.4) is 0 Å². The van der Waals surface area contributed by atoms with E-state index in [1.54, 1.807) is 0 Å². The van der Waals surface area contributed by atoms with Gasteiger partial charge in [0, 0.05) is 0 Å². The Bertz CT molecular complexity index is 428. The Morgan fingerprint density at radius 3 is 2.43 bits per heavy atom. The molecule has 21 heavy (non-hydrogen) atoms. The third-order valence-electron chi connectivity index (χ3n) is 3.26. The quantitative estimate of drug-likeness (QED) is 0.750. The third kappa shape index (κ3) is 6.60. The van der Waals surface area contributed by atoms with Gasteiger partial charge in [0.25, 0.3) is 0 Å². The van der Waals surface area contributed by atoms with Gasteiger partial charge >= 0.3 is 6.09 Å². The summed E-state index contributed by atoms with van der Waals surface area (Å²) >= 11 is 0. The topological polar surface area (TPSA) is 78.8 Å². The highest BCUT2D eigenvalue weighted by Crippen LogP contribution is 2.22. The molecule has 0 fully saturated rings. The number of alkyl carbamates (subject to hydrolysis) is 1. The predicted molar refractivity (Wildman–Crippen MR) is 80.7 cm³/mol. The fourth-order valence-electron chi connectivity index (χ4n) is 1.73. The number of ether oxygens (including phenoxy) is 1. The van der Waals surface area contributed by atoms with Crippen LogP contribution in [0.15, 0.2) is 30.3 Å². The van der Waals surface area contributed by atoms with Crippen LogP contribution >= 0.6 is 0 Å². The summed E-state index contributed by atoms with van der Waals surface area (Å²) in [4.78, 5) is 11.7. The SMILES string of the molecule is CC(C)(C)C(O)CC(CO)NC(=O)OCc1ccccc1. The normalized spacial score (nSPS) is 14.3. The van der Waals surface area contributed by atoms with Gasteiger partial charge in [-0.15, -0.1) is 0 Å². The molecule has 1 aromatic carbocycles. The van der Waals surface area contributed by atoms with Crippen LogP contribution in [0.5, 0.6) is 0 Å². The number of nitrogens with one attached hydrogen (secondary N) is 1. The van der Waals surface area contributed by atoms with E-state index in [-0.39, 0.29) is 25.0 Å². The average molecular weight is 295 g/mol. The Morgan fingerprint density at radius 2 is 1.90 bits per heavy atom. The van der Waals surface area contributed by atoms with Crippen molar-refractivity contribution >= 4 is 6.09 Å². The van der Waals surface area contributed by atoms with Gasteiger partial charge in [-0.1, -0.05) is 51.1 Å². The zero-order chi connectivity index (χ0) is 15.9. The maximum absolute atomic E-state index is 11.7. The lowest BCUT2D eigenvalue weighted by Crippen LogP contribution is -2.42. The summed E-state index contributed by atoms with van der Waals surface area (Å²) in [5, 5.41) is 21.9. The monoisotopic (exact) mass is 295 g/mol. The number of carbonyl (C=O) groups excluding carboxylic acids is 1. The number of hydrogen-bond donors (Lipinski definition) is 3. The van der Waals surface area contributed by atoms with Gasteiger partial charge in [-0.3, -0.25) is 0 Å². The van der Waals surface area contributed by atoms with Crippen LogP contribution in [0.2, 0.25) is 0 Å². The number of amides is 1. The van der Waals surface area contributed by atoms with Gasteiger partial charge in [0.05, 0.1) is 18.8 Å². The highest BCUT2D eigenvalue weighted by molar-refractivity contribution is 5.67. The van der Waals surface area contributed by atoms with Crippen molar-refractivity contribution in [3.05, 3.63) is 35.9 Å². The van der Waals surface area contributed by atoms with Crippen molar-refractivity contribution in [2.75, 3.05) is 6.61 Å². The Labute approximate surface area is 125 Å². The molecule has 0 saturated carbocycles. The molecule has 0 aliphatic heterocycles. The highest BCUT2D eigenvalue weighted by Gasteiger charge is 2.26. The van der Waals surface area contributed by atoms with E-state index >= 15 is 0 Å². The van der Waals surface area contributed by atoms with E-state index in [4.69, 9.17) is 4.74 Å². The molecule has 0 radical (unpaired) electrons. The maximum Gasteiger partial charge on any atom is 0.407 e. The Hall–Kier alpha value is -1.59. The van der Waals surface area contributed by atoms with E-state index in [1.165, 1.54) is 0 Å². The number of aliphatic hydroxyl groups is 2. The summed E-state index contributed by atoms with van der Waals surface area (Å²) in [5.41, 5.74) is 0.589. The van der Waals surface area contributed by atoms with Crippen LogP contribution in [-0.4, -0.2) is 35.1 Å². The molecule has 2 unspecified atom stereocenters. The number of carbonyl (C=O) groups is 1. The van der Waals surface area contributed by atoms with Crippen LogP contribution < -0.4 is 5.32 Å². The van der Waals surface area contributed by atoms with E-state index in [0.717, 1.165) is 5.56 Å². The minimum absolute atomic E-state index is 0.173. The van der Waals surface area contributed by atoms with Gasteiger partial charge in [-0.05, 0) is 17.4 Å². The lowest BCUT2D eigenvalue weighted by atomic mass is 9.85. The standard InChI is InChI=1S/C16H25NO4/c1-16(2,3)14(19)9-13(10-18)17-15(20)21-11-12-7-5-4-6-8-12/h4-8,13-14,18-19H,9-11H2,1-3H3,(H,17,20). The first-order chi connectivity index (χ1) is 9.82. The van der Waals surface area contributed by atoms with E-state index in [0.29, 0.717) is 0 Å². The van der Waals surface area contributed by atoms with Crippen LogP contribution in [0, 0.1) is 5.41 Å². The number of benzene rings is 1. The van der Waals surface area contributed by atoms with Crippen molar-refractivity contribution in [1.29, 1.82) is 0 Å². The van der Waals surface area contributed by atoms with Crippen LogP contribution in [0.4, 0.5) is 4.79 Å². The van der Waals surface area contributed by atoms with Gasteiger partial charge in [0.15, 0.2) is 0 Å². The lowest BCUT2D eigenvalue weighted by Gasteiger charge is -2.29. The molecule has 0 aliphatic carbocycles. The molecular weight excluding hydrogens is 270 g/mol. The first-order valence-electron chi connectivity index (χ1n) is 7.09. The summed E-state index contributed by atoms with van der Waals surface area (Å²) < 4.78 is 5.08. The molecule has 0 heterocycles. The lowest BCUT2D eigenvalue weighted by molar-refractivity contribution is 0.0378. The van der Waals surface area contributed by atoms with E-state index < -0.39 is 18.2 Å². The molecule has 3 N–H and O–H groups in total. The summed E-state index contributed by atoms with van der Waals surface area (Å²) in [6.07, 6.45) is -0.941. The second-order valence-corrected chi connectivity index (χ2v) is 6.20. The van der Waals surface area contributed by atoms with Crippen molar-refractivity contribution in [1.82, 2.24) is 5.32 Å². The molecule has 0 saturated heterocycles. The van der Waals surface area contributed by atoms with Crippen molar-refractivity contribution in [3.8, 4) is 0 Å². The maximum atomic E-state index is 11.7. The van der Waals surface area contributed by atoms with E-state index in [9.17, 15) is 15.0 Å². The third-order valence-corrected chi connectivity index (χ3v) is 3.26. The Balaban J connectivity index is 2.40. The molecule has 1 aromatic rings. The summed E-state index contributed by atoms with van der Waals surface area (Å²) in [5.74, 6) is 0. The minimum Gasteiger partial charge on any atom is -0.445 e. The fraction of sp³-hybridized carbons (Fsp3) is 0.562. The van der Waals surface area contributed by atoms with Crippen LogP contribution in [0.1, 0.15) is 32.8 Å². The molecular formula is C16H25NO4. The Morgan fingerprint density at radius 1 is 1.29 bits per heavy atom. The zero-order valence-electron chi connectivity index (χ0n) is 12.9. The molecule has 0 aromatic heterocycles. The van der Waals surface area contributed by atoms with Gasteiger partial charge < -0.3 is 20.3 Å².